The number of H-pyrrole nitrogens is 1. The van der Waals surface area contributed by atoms with Crippen LogP contribution in [0.15, 0.2) is 29.1 Å². The molecule has 1 aromatic carbocycles. The second-order valence-electron chi connectivity index (χ2n) is 4.63. The third-order valence-corrected chi connectivity index (χ3v) is 3.03. The molecule has 1 heterocycles. The van der Waals surface area contributed by atoms with Gasteiger partial charge in [-0.1, -0.05) is 43.2 Å². The Labute approximate surface area is 106 Å². The predicted octanol–water partition coefficient (Wildman–Crippen LogP) is 2.07. The standard InChI is InChI=1S/C14H19N3O/c1-3-4-12-13(15)14(18)17(16-12)9-11-7-5-10(2)6-8-11/h5-8,16H,3-4,9,15H2,1-2H3. The fraction of sp³-hybridized carbons (Fsp3) is 0.357. The molecule has 0 aliphatic rings. The highest BCUT2D eigenvalue weighted by Gasteiger charge is 2.10. The van der Waals surface area contributed by atoms with Crippen LogP contribution in [-0.2, 0) is 13.0 Å². The minimum Gasteiger partial charge on any atom is -0.393 e. The van der Waals surface area contributed by atoms with Gasteiger partial charge < -0.3 is 5.73 Å². The van der Waals surface area contributed by atoms with Crippen molar-refractivity contribution in [3.8, 4) is 0 Å². The maximum atomic E-state index is 11.9. The van der Waals surface area contributed by atoms with Crippen LogP contribution in [0.5, 0.6) is 0 Å². The second kappa shape index (κ2) is 5.12. The second-order valence-corrected chi connectivity index (χ2v) is 4.63. The molecule has 4 heteroatoms. The van der Waals surface area contributed by atoms with Crippen LogP contribution in [0.1, 0.15) is 30.2 Å². The lowest BCUT2D eigenvalue weighted by Gasteiger charge is -2.02. The Balaban J connectivity index is 2.26. The first-order valence-corrected chi connectivity index (χ1v) is 6.24. The summed E-state index contributed by atoms with van der Waals surface area (Å²) in [6.07, 6.45) is 1.77. The van der Waals surface area contributed by atoms with Gasteiger partial charge in [0.25, 0.3) is 5.56 Å². The van der Waals surface area contributed by atoms with Gasteiger partial charge in [-0.25, -0.2) is 4.68 Å². The summed E-state index contributed by atoms with van der Waals surface area (Å²) in [7, 11) is 0. The molecule has 18 heavy (non-hydrogen) atoms. The van der Waals surface area contributed by atoms with E-state index in [1.54, 1.807) is 4.68 Å². The van der Waals surface area contributed by atoms with Gasteiger partial charge in [-0.3, -0.25) is 9.89 Å². The number of hydrogen-bond donors (Lipinski definition) is 2. The first-order valence-electron chi connectivity index (χ1n) is 6.24. The molecular weight excluding hydrogens is 226 g/mol. The molecule has 0 saturated heterocycles. The molecule has 0 unspecified atom stereocenters. The summed E-state index contributed by atoms with van der Waals surface area (Å²) in [5.74, 6) is 0. The van der Waals surface area contributed by atoms with Crippen molar-refractivity contribution in [2.75, 3.05) is 5.73 Å². The molecule has 2 aromatic rings. The molecule has 0 atom stereocenters. The van der Waals surface area contributed by atoms with Crippen molar-refractivity contribution >= 4 is 5.69 Å². The molecule has 0 spiro atoms. The van der Waals surface area contributed by atoms with Gasteiger partial charge in [0, 0.05) is 0 Å². The fourth-order valence-electron chi connectivity index (χ4n) is 1.98. The van der Waals surface area contributed by atoms with E-state index in [0.29, 0.717) is 12.2 Å². The summed E-state index contributed by atoms with van der Waals surface area (Å²) in [6, 6.07) is 8.13. The number of nitrogens with two attached hydrogens (primary N) is 1. The third-order valence-electron chi connectivity index (χ3n) is 3.03. The van der Waals surface area contributed by atoms with Crippen LogP contribution < -0.4 is 11.3 Å². The maximum Gasteiger partial charge on any atom is 0.290 e. The summed E-state index contributed by atoms with van der Waals surface area (Å²) in [4.78, 5) is 11.9. The van der Waals surface area contributed by atoms with Crippen LogP contribution in [0.25, 0.3) is 0 Å². The number of hydrogen-bond acceptors (Lipinski definition) is 2. The number of aromatic amines is 1. The quantitative estimate of drug-likeness (QED) is 0.866. The van der Waals surface area contributed by atoms with E-state index in [0.717, 1.165) is 24.1 Å². The molecule has 0 saturated carbocycles. The van der Waals surface area contributed by atoms with Crippen LogP contribution in [-0.4, -0.2) is 9.78 Å². The monoisotopic (exact) mass is 245 g/mol. The highest BCUT2D eigenvalue weighted by atomic mass is 16.1. The van der Waals surface area contributed by atoms with Gasteiger partial charge in [0.1, 0.15) is 5.69 Å². The highest BCUT2D eigenvalue weighted by Crippen LogP contribution is 2.08. The maximum absolute atomic E-state index is 11.9. The largest absolute Gasteiger partial charge is 0.393 e. The number of aromatic nitrogens is 2. The number of nitrogen functional groups attached to an aromatic ring is 1. The number of rotatable bonds is 4. The molecule has 0 bridgehead atoms. The molecule has 0 aliphatic heterocycles. The van der Waals surface area contributed by atoms with E-state index in [9.17, 15) is 4.79 Å². The minimum atomic E-state index is -0.126. The van der Waals surface area contributed by atoms with Crippen LogP contribution >= 0.6 is 0 Å². The van der Waals surface area contributed by atoms with Crippen molar-refractivity contribution < 1.29 is 0 Å². The van der Waals surface area contributed by atoms with Crippen molar-refractivity contribution in [2.45, 2.75) is 33.2 Å². The predicted molar refractivity (Wildman–Crippen MR) is 73.7 cm³/mol. The molecule has 4 nitrogen and oxygen atoms in total. The smallest absolute Gasteiger partial charge is 0.290 e. The average Bonchev–Trinajstić information content (AvgIpc) is 2.61. The normalized spacial score (nSPS) is 10.8. The van der Waals surface area contributed by atoms with Crippen molar-refractivity contribution in [1.29, 1.82) is 0 Å². The van der Waals surface area contributed by atoms with Gasteiger partial charge in [0.15, 0.2) is 0 Å². The van der Waals surface area contributed by atoms with Crippen LogP contribution in [0.4, 0.5) is 5.69 Å². The topological polar surface area (TPSA) is 63.8 Å². The van der Waals surface area contributed by atoms with Gasteiger partial charge in [0.05, 0.1) is 12.2 Å². The average molecular weight is 245 g/mol. The van der Waals surface area contributed by atoms with E-state index in [1.807, 2.05) is 31.2 Å². The van der Waals surface area contributed by atoms with E-state index in [1.165, 1.54) is 5.56 Å². The summed E-state index contributed by atoms with van der Waals surface area (Å²) in [5, 5.41) is 3.09. The van der Waals surface area contributed by atoms with E-state index in [2.05, 4.69) is 12.0 Å². The molecule has 1 aromatic heterocycles. The Morgan fingerprint density at radius 1 is 1.28 bits per heavy atom. The summed E-state index contributed by atoms with van der Waals surface area (Å²) in [5.41, 5.74) is 9.17. The first kappa shape index (κ1) is 12.5. The Bertz CT molecular complexity index is 578. The molecule has 3 N–H and O–H groups in total. The van der Waals surface area contributed by atoms with Gasteiger partial charge in [0.2, 0.25) is 0 Å². The van der Waals surface area contributed by atoms with E-state index in [-0.39, 0.29) is 5.56 Å². The lowest BCUT2D eigenvalue weighted by atomic mass is 10.1. The lowest BCUT2D eigenvalue weighted by molar-refractivity contribution is 0.648. The number of aryl methyl sites for hydroxylation is 2. The Morgan fingerprint density at radius 3 is 2.56 bits per heavy atom. The van der Waals surface area contributed by atoms with Crippen molar-refractivity contribution in [1.82, 2.24) is 9.78 Å². The zero-order valence-corrected chi connectivity index (χ0v) is 10.9. The van der Waals surface area contributed by atoms with Gasteiger partial charge in [-0.2, -0.15) is 0 Å². The Kier molecular flexibility index (Phi) is 3.55. The van der Waals surface area contributed by atoms with E-state index in [4.69, 9.17) is 5.73 Å². The van der Waals surface area contributed by atoms with Gasteiger partial charge >= 0.3 is 0 Å². The molecule has 0 amide bonds. The summed E-state index contributed by atoms with van der Waals surface area (Å²) in [6.45, 7) is 4.64. The first-order chi connectivity index (χ1) is 8.61. The minimum absolute atomic E-state index is 0.126. The number of nitrogens with one attached hydrogen (secondary N) is 1. The fourth-order valence-corrected chi connectivity index (χ4v) is 1.98. The van der Waals surface area contributed by atoms with Gasteiger partial charge in [-0.15, -0.1) is 0 Å². The Morgan fingerprint density at radius 2 is 1.94 bits per heavy atom. The van der Waals surface area contributed by atoms with E-state index >= 15 is 0 Å². The van der Waals surface area contributed by atoms with Crippen LogP contribution in [0.2, 0.25) is 0 Å². The zero-order chi connectivity index (χ0) is 13.1. The third kappa shape index (κ3) is 2.47. The summed E-state index contributed by atoms with van der Waals surface area (Å²) >= 11 is 0. The number of nitrogens with zero attached hydrogens (tertiary/aromatic N) is 1. The molecule has 0 radical (unpaired) electrons. The van der Waals surface area contributed by atoms with Gasteiger partial charge in [-0.05, 0) is 18.9 Å². The van der Waals surface area contributed by atoms with Crippen molar-refractivity contribution in [2.24, 2.45) is 0 Å². The van der Waals surface area contributed by atoms with Crippen LogP contribution in [0, 0.1) is 6.92 Å². The highest BCUT2D eigenvalue weighted by molar-refractivity contribution is 5.41. The SMILES string of the molecule is CCCc1[nH]n(Cc2ccc(C)cc2)c(=O)c1N. The summed E-state index contributed by atoms with van der Waals surface area (Å²) < 4.78 is 1.57. The molecule has 2 rings (SSSR count). The Hall–Kier alpha value is -1.97. The lowest BCUT2D eigenvalue weighted by Crippen LogP contribution is -2.19. The van der Waals surface area contributed by atoms with Crippen molar-refractivity contribution in [3.63, 3.8) is 0 Å². The molecular formula is C14H19N3O. The zero-order valence-electron chi connectivity index (χ0n) is 10.9. The molecule has 96 valence electrons. The number of anilines is 1. The van der Waals surface area contributed by atoms with Crippen LogP contribution in [0.3, 0.4) is 0 Å². The van der Waals surface area contributed by atoms with Crippen molar-refractivity contribution in [3.05, 3.63) is 51.4 Å². The van der Waals surface area contributed by atoms with E-state index < -0.39 is 0 Å². The number of benzene rings is 1. The molecule has 0 aliphatic carbocycles. The molecule has 0 fully saturated rings.